The number of nitrogens with zero attached hydrogens (tertiary/aromatic N) is 6. The van der Waals surface area contributed by atoms with E-state index in [0.29, 0.717) is 30.6 Å². The van der Waals surface area contributed by atoms with E-state index >= 15 is 0 Å². The summed E-state index contributed by atoms with van der Waals surface area (Å²) in [5.74, 6) is 0.199. The molecule has 0 saturated carbocycles. The number of pyridine rings is 1. The maximum Gasteiger partial charge on any atom is 0.333 e. The van der Waals surface area contributed by atoms with Gasteiger partial charge in [-0.3, -0.25) is 0 Å². The Bertz CT molecular complexity index is 1120. The van der Waals surface area contributed by atoms with E-state index < -0.39 is 16.6 Å². The van der Waals surface area contributed by atoms with Crippen molar-refractivity contribution in [3.8, 4) is 0 Å². The van der Waals surface area contributed by atoms with E-state index in [-0.39, 0.29) is 16.5 Å². The minimum atomic E-state index is -3.86. The van der Waals surface area contributed by atoms with Gasteiger partial charge < -0.3 is 0 Å². The van der Waals surface area contributed by atoms with E-state index in [0.717, 1.165) is 23.0 Å². The van der Waals surface area contributed by atoms with E-state index in [9.17, 15) is 17.2 Å². The van der Waals surface area contributed by atoms with Crippen LogP contribution in [0.1, 0.15) is 42.1 Å². The van der Waals surface area contributed by atoms with Crippen LogP contribution in [0.5, 0.6) is 0 Å². The second-order valence-electron chi connectivity index (χ2n) is 6.99. The molecule has 3 aromatic heterocycles. The van der Waals surface area contributed by atoms with Crippen LogP contribution in [-0.4, -0.2) is 50.2 Å². The van der Waals surface area contributed by atoms with Gasteiger partial charge in [0.15, 0.2) is 5.65 Å². The molecule has 0 aromatic carbocycles. The number of sulfonamides is 1. The van der Waals surface area contributed by atoms with Gasteiger partial charge in [-0.25, -0.2) is 22.6 Å². The molecule has 11 heteroatoms. The fraction of sp³-hybridized carbons (Fsp3) is 0.471. The Kier molecular flexibility index (Phi) is 4.66. The lowest BCUT2D eigenvalue weighted by molar-refractivity contribution is 0.0561. The van der Waals surface area contributed by atoms with E-state index in [4.69, 9.17) is 0 Å². The quantitative estimate of drug-likeness (QED) is 0.660. The van der Waals surface area contributed by atoms with Crippen LogP contribution in [-0.2, 0) is 10.0 Å². The van der Waals surface area contributed by atoms with E-state index in [2.05, 4.69) is 15.2 Å². The zero-order chi connectivity index (χ0) is 20.1. The monoisotopic (exact) mass is 410 g/mol. The predicted octanol–water partition coefficient (Wildman–Crippen LogP) is 2.51. The van der Waals surface area contributed by atoms with Crippen molar-refractivity contribution in [2.45, 2.75) is 44.1 Å². The minimum absolute atomic E-state index is 0.0786. The molecule has 1 aliphatic heterocycles. The summed E-state index contributed by atoms with van der Waals surface area (Å²) in [5.41, 5.74) is 3.07. The zero-order valence-corrected chi connectivity index (χ0v) is 16.3. The third kappa shape index (κ3) is 3.18. The van der Waals surface area contributed by atoms with Gasteiger partial charge in [0.25, 0.3) is 0 Å². The van der Waals surface area contributed by atoms with Crippen LogP contribution in [0, 0.1) is 13.8 Å². The third-order valence-electron chi connectivity index (χ3n) is 5.25. The number of fused-ring (bicyclic) bond motifs is 1. The smallest absolute Gasteiger partial charge is 0.221 e. The van der Waals surface area contributed by atoms with Crippen molar-refractivity contribution in [2.24, 2.45) is 0 Å². The van der Waals surface area contributed by atoms with Crippen LogP contribution < -0.4 is 0 Å². The molecular weight excluding hydrogens is 390 g/mol. The number of hydrogen-bond acceptors (Lipinski definition) is 5. The number of piperidine rings is 1. The van der Waals surface area contributed by atoms with Crippen molar-refractivity contribution in [1.82, 2.24) is 28.7 Å². The number of rotatable bonds is 4. The van der Waals surface area contributed by atoms with Gasteiger partial charge in [0.05, 0.1) is 11.9 Å². The molecule has 1 saturated heterocycles. The molecule has 3 aromatic rings. The van der Waals surface area contributed by atoms with E-state index in [1.807, 2.05) is 19.2 Å². The fourth-order valence-electron chi connectivity index (χ4n) is 3.76. The second kappa shape index (κ2) is 6.89. The third-order valence-corrected chi connectivity index (χ3v) is 7.25. The first-order chi connectivity index (χ1) is 13.3. The molecule has 0 atom stereocenters. The fourth-order valence-corrected chi connectivity index (χ4v) is 5.39. The molecule has 28 heavy (non-hydrogen) atoms. The summed E-state index contributed by atoms with van der Waals surface area (Å²) in [6.07, 6.45) is 5.63. The van der Waals surface area contributed by atoms with Gasteiger partial charge >= 0.3 is 6.55 Å². The molecule has 0 bridgehead atoms. The molecule has 0 unspecified atom stereocenters. The standard InChI is InChI=1S/C17H20F2N6O2S/c1-11-7-16-20-10-21-24(16)8-14(11)13-3-5-23(6-4-13)28(26,27)15-9-25(17(18)19)22-12(15)2/h7-10,13,17H,3-6H2,1-2H3. The van der Waals surface area contributed by atoms with Crippen molar-refractivity contribution in [3.63, 3.8) is 0 Å². The SMILES string of the molecule is Cc1cc2ncnn2cc1C1CCN(S(=O)(=O)c2cn(C(F)F)nc2C)CC1. The molecule has 0 amide bonds. The van der Waals surface area contributed by atoms with Crippen molar-refractivity contribution < 1.29 is 17.2 Å². The summed E-state index contributed by atoms with van der Waals surface area (Å²) < 4.78 is 54.9. The molecule has 1 aliphatic rings. The first-order valence-electron chi connectivity index (χ1n) is 8.91. The van der Waals surface area contributed by atoms with Gasteiger partial charge in [-0.15, -0.1) is 0 Å². The molecule has 4 rings (SSSR count). The maximum atomic E-state index is 12.9. The molecule has 150 valence electrons. The second-order valence-corrected chi connectivity index (χ2v) is 8.90. The minimum Gasteiger partial charge on any atom is -0.221 e. The average molecular weight is 410 g/mol. The molecule has 1 fully saturated rings. The predicted molar refractivity (Wildman–Crippen MR) is 96.7 cm³/mol. The highest BCUT2D eigenvalue weighted by Gasteiger charge is 2.33. The average Bonchev–Trinajstić information content (AvgIpc) is 3.27. The maximum absolute atomic E-state index is 12.9. The van der Waals surface area contributed by atoms with Crippen LogP contribution in [0.25, 0.3) is 5.65 Å². The van der Waals surface area contributed by atoms with Gasteiger partial charge in [-0.05, 0) is 49.8 Å². The largest absolute Gasteiger partial charge is 0.333 e. The lowest BCUT2D eigenvalue weighted by atomic mass is 9.89. The summed E-state index contributed by atoms with van der Waals surface area (Å²) in [4.78, 5) is 4.01. The Morgan fingerprint density at radius 1 is 1.18 bits per heavy atom. The summed E-state index contributed by atoms with van der Waals surface area (Å²) in [6.45, 7) is 1.20. The van der Waals surface area contributed by atoms with Gasteiger partial charge in [0.2, 0.25) is 10.0 Å². The highest BCUT2D eigenvalue weighted by molar-refractivity contribution is 7.89. The van der Waals surface area contributed by atoms with Crippen molar-refractivity contribution in [3.05, 3.63) is 41.6 Å². The van der Waals surface area contributed by atoms with Crippen molar-refractivity contribution in [2.75, 3.05) is 13.1 Å². The van der Waals surface area contributed by atoms with Crippen LogP contribution in [0.2, 0.25) is 0 Å². The van der Waals surface area contributed by atoms with Crippen LogP contribution in [0.4, 0.5) is 8.78 Å². The lowest BCUT2D eigenvalue weighted by Gasteiger charge is -2.31. The van der Waals surface area contributed by atoms with Gasteiger partial charge in [0, 0.05) is 19.3 Å². The Balaban J connectivity index is 1.54. The number of halogens is 2. The normalized spacial score (nSPS) is 17.0. The molecule has 8 nitrogen and oxygen atoms in total. The summed E-state index contributed by atoms with van der Waals surface area (Å²) >= 11 is 0. The number of hydrogen-bond donors (Lipinski definition) is 0. The topological polar surface area (TPSA) is 85.4 Å². The highest BCUT2D eigenvalue weighted by atomic mass is 32.2. The summed E-state index contributed by atoms with van der Waals surface area (Å²) in [5, 5.41) is 7.78. The molecule has 0 spiro atoms. The van der Waals surface area contributed by atoms with Gasteiger partial charge in [0.1, 0.15) is 11.2 Å². The first kappa shape index (κ1) is 18.9. The van der Waals surface area contributed by atoms with Gasteiger partial charge in [-0.2, -0.15) is 23.3 Å². The number of aryl methyl sites for hydroxylation is 2. The van der Waals surface area contributed by atoms with Crippen molar-refractivity contribution >= 4 is 15.7 Å². The molecular formula is C17H20F2N6O2S. The molecule has 4 heterocycles. The Labute approximate surface area is 160 Å². The molecule has 0 aliphatic carbocycles. The Hall–Kier alpha value is -2.40. The number of aromatic nitrogens is 5. The van der Waals surface area contributed by atoms with E-state index in [1.54, 1.807) is 4.52 Å². The molecule has 0 N–H and O–H groups in total. The van der Waals surface area contributed by atoms with E-state index in [1.165, 1.54) is 17.6 Å². The number of alkyl halides is 2. The molecule has 0 radical (unpaired) electrons. The zero-order valence-electron chi connectivity index (χ0n) is 15.5. The van der Waals surface area contributed by atoms with Crippen LogP contribution in [0.3, 0.4) is 0 Å². The van der Waals surface area contributed by atoms with Crippen molar-refractivity contribution in [1.29, 1.82) is 0 Å². The summed E-state index contributed by atoms with van der Waals surface area (Å²) in [6, 6.07) is 1.97. The van der Waals surface area contributed by atoms with Crippen LogP contribution >= 0.6 is 0 Å². The Morgan fingerprint density at radius 3 is 2.54 bits per heavy atom. The summed E-state index contributed by atoms with van der Waals surface area (Å²) in [7, 11) is -3.86. The first-order valence-corrected chi connectivity index (χ1v) is 10.4. The highest BCUT2D eigenvalue weighted by Crippen LogP contribution is 2.33. The van der Waals surface area contributed by atoms with Crippen LogP contribution in [0.15, 0.2) is 29.7 Å². The van der Waals surface area contributed by atoms with Gasteiger partial charge in [-0.1, -0.05) is 0 Å². The lowest BCUT2D eigenvalue weighted by Crippen LogP contribution is -2.38. The Morgan fingerprint density at radius 2 is 1.89 bits per heavy atom.